The minimum absolute atomic E-state index is 0.0347. The van der Waals surface area contributed by atoms with Gasteiger partial charge in [0.15, 0.2) is 0 Å². The smallest absolute Gasteiger partial charge is 0.286 e. The third-order valence-corrected chi connectivity index (χ3v) is 4.77. The van der Waals surface area contributed by atoms with E-state index in [4.69, 9.17) is 9.47 Å². The van der Waals surface area contributed by atoms with E-state index in [2.05, 4.69) is 20.8 Å². The second-order valence-electron chi connectivity index (χ2n) is 6.05. The lowest BCUT2D eigenvalue weighted by molar-refractivity contribution is -0.126. The van der Waals surface area contributed by atoms with Crippen LogP contribution in [0, 0.1) is 5.82 Å². The molecule has 0 aliphatic heterocycles. The minimum Gasteiger partial charge on any atom is -0.496 e. The third-order valence-electron chi connectivity index (χ3n) is 3.87. The van der Waals surface area contributed by atoms with Crippen LogP contribution >= 0.6 is 11.3 Å². The van der Waals surface area contributed by atoms with Crippen molar-refractivity contribution in [1.82, 2.24) is 15.5 Å². The average Bonchev–Trinajstić information content (AvgIpc) is 3.21. The van der Waals surface area contributed by atoms with E-state index in [0.717, 1.165) is 16.9 Å². The molecule has 0 unspecified atom stereocenters. The molecule has 2 aromatic carbocycles. The summed E-state index contributed by atoms with van der Waals surface area (Å²) in [5, 5.41) is 13.5. The number of rotatable bonds is 9. The molecule has 3 aromatic rings. The molecule has 0 aliphatic rings. The Labute approximate surface area is 176 Å². The predicted octanol–water partition coefficient (Wildman–Crippen LogP) is 2.77. The Morgan fingerprint density at radius 2 is 1.97 bits per heavy atom. The fraction of sp³-hybridized carbons (Fsp3) is 0.200. The molecule has 0 saturated carbocycles. The van der Waals surface area contributed by atoms with Crippen molar-refractivity contribution in [3.63, 3.8) is 0 Å². The Balaban J connectivity index is 1.42. The Kier molecular flexibility index (Phi) is 7.41. The molecule has 0 aliphatic carbocycles. The SMILES string of the molecule is COc1ccccc1CNC(=O)COCc1nnc(C(=O)Nc2cccc(F)c2)s1. The third kappa shape index (κ3) is 6.06. The van der Waals surface area contributed by atoms with E-state index in [1.807, 2.05) is 24.3 Å². The minimum atomic E-state index is -0.501. The van der Waals surface area contributed by atoms with Crippen LogP contribution < -0.4 is 15.4 Å². The molecule has 2 amide bonds. The lowest BCUT2D eigenvalue weighted by atomic mass is 10.2. The summed E-state index contributed by atoms with van der Waals surface area (Å²) >= 11 is 1.03. The van der Waals surface area contributed by atoms with Gasteiger partial charge in [-0.15, -0.1) is 10.2 Å². The summed E-state index contributed by atoms with van der Waals surface area (Å²) in [7, 11) is 1.57. The molecule has 0 radical (unpaired) electrons. The number of nitrogens with zero attached hydrogens (tertiary/aromatic N) is 2. The number of para-hydroxylation sites is 1. The van der Waals surface area contributed by atoms with E-state index < -0.39 is 11.7 Å². The summed E-state index contributed by atoms with van der Waals surface area (Å²) in [6, 6.07) is 12.9. The number of hydrogen-bond donors (Lipinski definition) is 2. The summed E-state index contributed by atoms with van der Waals surface area (Å²) in [6.45, 7) is 0.182. The number of carbonyl (C=O) groups excluding carboxylic acids is 2. The molecule has 2 N–H and O–H groups in total. The van der Waals surface area contributed by atoms with Crippen molar-refractivity contribution in [2.75, 3.05) is 19.0 Å². The highest BCUT2D eigenvalue weighted by molar-refractivity contribution is 7.13. The first-order valence-corrected chi connectivity index (χ1v) is 9.72. The van der Waals surface area contributed by atoms with Crippen molar-refractivity contribution in [1.29, 1.82) is 0 Å². The average molecular weight is 430 g/mol. The van der Waals surface area contributed by atoms with E-state index in [1.54, 1.807) is 13.2 Å². The van der Waals surface area contributed by atoms with Crippen LogP contribution in [0.3, 0.4) is 0 Å². The van der Waals surface area contributed by atoms with Crippen molar-refractivity contribution in [3.8, 4) is 5.75 Å². The molecular formula is C20H19FN4O4S. The first kappa shape index (κ1) is 21.3. The second-order valence-corrected chi connectivity index (χ2v) is 7.11. The monoisotopic (exact) mass is 430 g/mol. The van der Waals surface area contributed by atoms with Gasteiger partial charge in [-0.05, 0) is 24.3 Å². The number of aromatic nitrogens is 2. The summed E-state index contributed by atoms with van der Waals surface area (Å²) in [6.07, 6.45) is 0. The maximum absolute atomic E-state index is 13.2. The predicted molar refractivity (Wildman–Crippen MR) is 109 cm³/mol. The van der Waals surface area contributed by atoms with Gasteiger partial charge in [0.25, 0.3) is 5.91 Å². The second kappa shape index (κ2) is 10.4. The van der Waals surface area contributed by atoms with E-state index in [1.165, 1.54) is 18.2 Å². The maximum Gasteiger partial charge on any atom is 0.286 e. The van der Waals surface area contributed by atoms with Gasteiger partial charge in [-0.25, -0.2) is 4.39 Å². The molecule has 1 heterocycles. The van der Waals surface area contributed by atoms with Crippen LogP contribution in [0.1, 0.15) is 20.4 Å². The zero-order valence-electron chi connectivity index (χ0n) is 16.1. The molecule has 1 aromatic heterocycles. The standard InChI is InChI=1S/C20H19FN4O4S/c1-28-16-8-3-2-5-13(16)10-22-17(26)11-29-12-18-24-25-20(30-18)19(27)23-15-7-4-6-14(21)9-15/h2-9H,10-12H2,1H3,(H,22,26)(H,23,27). The number of benzene rings is 2. The number of carbonyl (C=O) groups is 2. The number of ether oxygens (including phenoxy) is 2. The highest BCUT2D eigenvalue weighted by Crippen LogP contribution is 2.17. The molecule has 8 nitrogen and oxygen atoms in total. The first-order chi connectivity index (χ1) is 14.5. The van der Waals surface area contributed by atoms with Gasteiger partial charge in [-0.3, -0.25) is 9.59 Å². The van der Waals surface area contributed by atoms with Crippen LogP contribution in [-0.4, -0.2) is 35.7 Å². The van der Waals surface area contributed by atoms with Crippen LogP contribution in [0.15, 0.2) is 48.5 Å². The number of nitrogens with one attached hydrogen (secondary N) is 2. The Morgan fingerprint density at radius 1 is 1.13 bits per heavy atom. The molecule has 156 valence electrons. The van der Waals surface area contributed by atoms with Gasteiger partial charge in [0.05, 0.1) is 7.11 Å². The van der Waals surface area contributed by atoms with Crippen molar-refractivity contribution in [3.05, 3.63) is 69.9 Å². The molecule has 0 saturated heterocycles. The fourth-order valence-electron chi connectivity index (χ4n) is 2.48. The van der Waals surface area contributed by atoms with E-state index in [-0.39, 0.29) is 24.1 Å². The van der Waals surface area contributed by atoms with Gasteiger partial charge in [0.1, 0.15) is 29.8 Å². The van der Waals surface area contributed by atoms with Crippen LogP contribution in [-0.2, 0) is 22.7 Å². The highest BCUT2D eigenvalue weighted by atomic mass is 32.1. The van der Waals surface area contributed by atoms with Crippen LogP contribution in [0.25, 0.3) is 0 Å². The summed E-state index contributed by atoms with van der Waals surface area (Å²) in [5.74, 6) is -0.562. The summed E-state index contributed by atoms with van der Waals surface area (Å²) < 4.78 is 23.8. The van der Waals surface area contributed by atoms with Crippen LogP contribution in [0.2, 0.25) is 0 Å². The lowest BCUT2D eigenvalue weighted by Crippen LogP contribution is -2.27. The zero-order chi connectivity index (χ0) is 21.3. The number of methoxy groups -OCH3 is 1. The summed E-state index contributed by atoms with van der Waals surface area (Å²) in [5.41, 5.74) is 1.17. The van der Waals surface area contributed by atoms with Crippen molar-refractivity contribution < 1.29 is 23.5 Å². The lowest BCUT2D eigenvalue weighted by Gasteiger charge is -2.09. The van der Waals surface area contributed by atoms with Crippen molar-refractivity contribution >= 4 is 28.8 Å². The fourth-order valence-corrected chi connectivity index (χ4v) is 3.15. The molecule has 30 heavy (non-hydrogen) atoms. The largest absolute Gasteiger partial charge is 0.496 e. The van der Waals surface area contributed by atoms with Crippen molar-refractivity contribution in [2.45, 2.75) is 13.2 Å². The van der Waals surface area contributed by atoms with Gasteiger partial charge < -0.3 is 20.1 Å². The van der Waals surface area contributed by atoms with Crippen molar-refractivity contribution in [2.24, 2.45) is 0 Å². The molecule has 3 rings (SSSR count). The Hall–Kier alpha value is -3.37. The number of halogens is 1. The molecule has 0 atom stereocenters. The van der Waals surface area contributed by atoms with Gasteiger partial charge in [-0.2, -0.15) is 0 Å². The van der Waals surface area contributed by atoms with Gasteiger partial charge in [0, 0.05) is 17.8 Å². The molecular weight excluding hydrogens is 411 g/mol. The van der Waals surface area contributed by atoms with Crippen LogP contribution in [0.4, 0.5) is 10.1 Å². The Morgan fingerprint density at radius 3 is 2.77 bits per heavy atom. The highest BCUT2D eigenvalue weighted by Gasteiger charge is 2.14. The number of anilines is 1. The molecule has 10 heteroatoms. The van der Waals surface area contributed by atoms with E-state index in [0.29, 0.717) is 23.0 Å². The maximum atomic E-state index is 13.2. The normalized spacial score (nSPS) is 10.5. The first-order valence-electron chi connectivity index (χ1n) is 8.91. The molecule has 0 spiro atoms. The van der Waals surface area contributed by atoms with Crippen LogP contribution in [0.5, 0.6) is 5.75 Å². The zero-order valence-corrected chi connectivity index (χ0v) is 16.9. The number of amides is 2. The Bertz CT molecular complexity index is 1030. The van der Waals surface area contributed by atoms with Gasteiger partial charge in [0.2, 0.25) is 10.9 Å². The van der Waals surface area contributed by atoms with E-state index in [9.17, 15) is 14.0 Å². The van der Waals surface area contributed by atoms with Gasteiger partial charge >= 0.3 is 0 Å². The summed E-state index contributed by atoms with van der Waals surface area (Å²) in [4.78, 5) is 24.1. The quantitative estimate of drug-likeness (QED) is 0.541. The number of hydrogen-bond acceptors (Lipinski definition) is 7. The van der Waals surface area contributed by atoms with Gasteiger partial charge in [-0.1, -0.05) is 35.6 Å². The molecule has 0 fully saturated rings. The molecule has 0 bridgehead atoms. The topological polar surface area (TPSA) is 102 Å². The van der Waals surface area contributed by atoms with E-state index >= 15 is 0 Å².